The summed E-state index contributed by atoms with van der Waals surface area (Å²) < 4.78 is 1.83. The van der Waals surface area contributed by atoms with Gasteiger partial charge in [0.05, 0.1) is 18.8 Å². The zero-order valence-corrected chi connectivity index (χ0v) is 19.4. The van der Waals surface area contributed by atoms with E-state index in [-0.39, 0.29) is 29.9 Å². The molecule has 0 fully saturated rings. The van der Waals surface area contributed by atoms with E-state index >= 15 is 0 Å². The number of rotatable bonds is 8. The highest BCUT2D eigenvalue weighted by atomic mass is 127. The fourth-order valence-corrected chi connectivity index (χ4v) is 2.59. The summed E-state index contributed by atoms with van der Waals surface area (Å²) in [6.45, 7) is 8.05. The van der Waals surface area contributed by atoms with E-state index in [1.54, 1.807) is 6.20 Å². The van der Waals surface area contributed by atoms with Gasteiger partial charge in [-0.3, -0.25) is 9.48 Å². The molecule has 0 aliphatic rings. The highest BCUT2D eigenvalue weighted by Crippen LogP contribution is 2.13. The lowest BCUT2D eigenvalue weighted by atomic mass is 10.1. The summed E-state index contributed by atoms with van der Waals surface area (Å²) in [4.78, 5) is 16.6. The first kappa shape index (κ1) is 23.9. The zero-order chi connectivity index (χ0) is 19.6. The Kier molecular flexibility index (Phi) is 10.6. The topological polar surface area (TPSA) is 83.3 Å². The maximum atomic E-state index is 11.9. The second-order valence-electron chi connectivity index (χ2n) is 6.84. The van der Waals surface area contributed by atoms with Crippen LogP contribution < -0.4 is 16.0 Å². The van der Waals surface area contributed by atoms with Crippen molar-refractivity contribution in [2.45, 2.75) is 40.3 Å². The molecule has 0 aliphatic carbocycles. The van der Waals surface area contributed by atoms with E-state index in [0.29, 0.717) is 25.4 Å². The summed E-state index contributed by atoms with van der Waals surface area (Å²) >= 11 is 0. The van der Waals surface area contributed by atoms with Crippen LogP contribution in [-0.4, -0.2) is 28.2 Å². The van der Waals surface area contributed by atoms with Gasteiger partial charge in [-0.1, -0.05) is 26.0 Å². The van der Waals surface area contributed by atoms with Gasteiger partial charge in [0, 0.05) is 31.9 Å². The number of aryl methyl sites for hydroxylation is 1. The maximum absolute atomic E-state index is 11.9. The zero-order valence-electron chi connectivity index (χ0n) is 17.0. The van der Waals surface area contributed by atoms with Crippen molar-refractivity contribution in [3.05, 3.63) is 47.8 Å². The Labute approximate surface area is 184 Å². The molecule has 0 spiro atoms. The lowest BCUT2D eigenvalue weighted by Gasteiger charge is -2.12. The van der Waals surface area contributed by atoms with Crippen LogP contribution in [0.3, 0.4) is 0 Å². The standard InChI is InChI=1S/C20H30N6O.HI/c1-5-21-20(23-14-18-9-10-24-26(18)4)22-13-16-7-6-8-17(12-16)25-19(27)11-15(2)3;/h6-10,12,15H,5,11,13-14H2,1-4H3,(H,25,27)(H2,21,22,23);1H. The van der Waals surface area contributed by atoms with Crippen LogP contribution in [0, 0.1) is 5.92 Å². The van der Waals surface area contributed by atoms with Gasteiger partial charge in [0.2, 0.25) is 5.91 Å². The van der Waals surface area contributed by atoms with Crippen molar-refractivity contribution in [3.8, 4) is 0 Å². The number of aliphatic imine (C=N–C) groups is 1. The third-order valence-corrected chi connectivity index (χ3v) is 3.93. The molecule has 8 heteroatoms. The van der Waals surface area contributed by atoms with Crippen LogP contribution in [0.1, 0.15) is 38.4 Å². The first-order chi connectivity index (χ1) is 13.0. The number of halogens is 1. The molecule has 1 amide bonds. The van der Waals surface area contributed by atoms with Crippen LogP contribution in [0.4, 0.5) is 5.69 Å². The molecule has 2 rings (SSSR count). The average Bonchev–Trinajstić information content (AvgIpc) is 3.02. The predicted octanol–water partition coefficient (Wildman–Crippen LogP) is 3.28. The molecule has 1 aromatic carbocycles. The molecule has 154 valence electrons. The van der Waals surface area contributed by atoms with Crippen LogP contribution >= 0.6 is 24.0 Å². The van der Waals surface area contributed by atoms with Crippen molar-refractivity contribution >= 4 is 41.5 Å². The van der Waals surface area contributed by atoms with Gasteiger partial charge in [0.1, 0.15) is 0 Å². The number of carbonyl (C=O) groups excluding carboxylic acids is 1. The molecule has 0 radical (unpaired) electrons. The Bertz CT molecular complexity index is 772. The van der Waals surface area contributed by atoms with E-state index in [1.807, 2.05) is 62.8 Å². The number of nitrogens with one attached hydrogen (secondary N) is 3. The number of amides is 1. The Morgan fingerprint density at radius 3 is 2.68 bits per heavy atom. The molecular formula is C20H31IN6O. The molecule has 7 nitrogen and oxygen atoms in total. The second kappa shape index (κ2) is 12.4. The number of benzene rings is 1. The normalized spacial score (nSPS) is 11.1. The molecular weight excluding hydrogens is 467 g/mol. The maximum Gasteiger partial charge on any atom is 0.224 e. The van der Waals surface area contributed by atoms with Crippen molar-refractivity contribution in [2.24, 2.45) is 18.0 Å². The highest BCUT2D eigenvalue weighted by Gasteiger charge is 2.06. The molecule has 1 aromatic heterocycles. The summed E-state index contributed by atoms with van der Waals surface area (Å²) in [5, 5.41) is 13.7. The van der Waals surface area contributed by atoms with Gasteiger partial charge in [0.25, 0.3) is 0 Å². The van der Waals surface area contributed by atoms with Crippen molar-refractivity contribution < 1.29 is 4.79 Å². The number of hydrogen-bond donors (Lipinski definition) is 3. The van der Waals surface area contributed by atoms with Crippen LogP contribution in [0.15, 0.2) is 41.5 Å². The minimum atomic E-state index is 0. The van der Waals surface area contributed by atoms with Gasteiger partial charge < -0.3 is 16.0 Å². The molecule has 0 unspecified atom stereocenters. The number of aromatic nitrogens is 2. The highest BCUT2D eigenvalue weighted by molar-refractivity contribution is 14.0. The van der Waals surface area contributed by atoms with E-state index in [0.717, 1.165) is 29.4 Å². The SMILES string of the molecule is CCNC(=NCc1cccc(NC(=O)CC(C)C)c1)NCc1ccnn1C.I. The molecule has 0 saturated carbocycles. The smallest absolute Gasteiger partial charge is 0.224 e. The summed E-state index contributed by atoms with van der Waals surface area (Å²) in [7, 11) is 1.92. The van der Waals surface area contributed by atoms with Gasteiger partial charge in [-0.05, 0) is 36.6 Å². The van der Waals surface area contributed by atoms with E-state index < -0.39 is 0 Å². The lowest BCUT2D eigenvalue weighted by Crippen LogP contribution is -2.37. The number of nitrogens with zero attached hydrogens (tertiary/aromatic N) is 3. The molecule has 3 N–H and O–H groups in total. The summed E-state index contributed by atoms with van der Waals surface area (Å²) in [5.74, 6) is 1.12. The Balaban J connectivity index is 0.00000392. The largest absolute Gasteiger partial charge is 0.357 e. The fraction of sp³-hybridized carbons (Fsp3) is 0.450. The molecule has 0 bridgehead atoms. The van der Waals surface area contributed by atoms with E-state index in [2.05, 4.69) is 26.0 Å². The molecule has 0 aliphatic heterocycles. The second-order valence-corrected chi connectivity index (χ2v) is 6.84. The third-order valence-electron chi connectivity index (χ3n) is 3.93. The fourth-order valence-electron chi connectivity index (χ4n) is 2.59. The molecule has 1 heterocycles. The number of carbonyl (C=O) groups is 1. The van der Waals surface area contributed by atoms with Crippen LogP contribution in [0.5, 0.6) is 0 Å². The van der Waals surface area contributed by atoms with Gasteiger partial charge in [-0.2, -0.15) is 5.10 Å². The summed E-state index contributed by atoms with van der Waals surface area (Å²) in [6.07, 6.45) is 2.30. The minimum Gasteiger partial charge on any atom is -0.357 e. The van der Waals surface area contributed by atoms with Crippen molar-refractivity contribution in [3.63, 3.8) is 0 Å². The van der Waals surface area contributed by atoms with Crippen molar-refractivity contribution in [1.82, 2.24) is 20.4 Å². The molecule has 2 aromatic rings. The molecule has 28 heavy (non-hydrogen) atoms. The number of guanidine groups is 1. The van der Waals surface area contributed by atoms with Crippen LogP contribution in [0.25, 0.3) is 0 Å². The van der Waals surface area contributed by atoms with Gasteiger partial charge in [-0.25, -0.2) is 4.99 Å². The van der Waals surface area contributed by atoms with Crippen molar-refractivity contribution in [1.29, 1.82) is 0 Å². The lowest BCUT2D eigenvalue weighted by molar-refractivity contribution is -0.116. The Morgan fingerprint density at radius 1 is 1.25 bits per heavy atom. The first-order valence-electron chi connectivity index (χ1n) is 9.35. The van der Waals surface area contributed by atoms with Gasteiger partial charge in [-0.15, -0.1) is 24.0 Å². The number of hydrogen-bond acceptors (Lipinski definition) is 3. The van der Waals surface area contributed by atoms with Crippen LogP contribution in [0.2, 0.25) is 0 Å². The molecule has 0 saturated heterocycles. The summed E-state index contributed by atoms with van der Waals surface area (Å²) in [5.41, 5.74) is 2.92. The van der Waals surface area contributed by atoms with Gasteiger partial charge >= 0.3 is 0 Å². The first-order valence-corrected chi connectivity index (χ1v) is 9.35. The van der Waals surface area contributed by atoms with Gasteiger partial charge in [0.15, 0.2) is 5.96 Å². The Hall–Kier alpha value is -2.10. The Morgan fingerprint density at radius 2 is 2.04 bits per heavy atom. The van der Waals surface area contributed by atoms with E-state index in [1.165, 1.54) is 0 Å². The monoisotopic (exact) mass is 498 g/mol. The summed E-state index contributed by atoms with van der Waals surface area (Å²) in [6, 6.07) is 9.78. The van der Waals surface area contributed by atoms with E-state index in [9.17, 15) is 4.79 Å². The third kappa shape index (κ3) is 8.28. The minimum absolute atomic E-state index is 0. The van der Waals surface area contributed by atoms with Crippen molar-refractivity contribution in [2.75, 3.05) is 11.9 Å². The number of anilines is 1. The van der Waals surface area contributed by atoms with E-state index in [4.69, 9.17) is 0 Å². The molecule has 0 atom stereocenters. The quantitative estimate of drug-likeness (QED) is 0.297. The van der Waals surface area contributed by atoms with Crippen LogP contribution in [-0.2, 0) is 24.9 Å². The average molecular weight is 498 g/mol. The predicted molar refractivity (Wildman–Crippen MR) is 125 cm³/mol.